The molecule has 25 heavy (non-hydrogen) atoms. The van der Waals surface area contributed by atoms with Crippen molar-refractivity contribution < 1.29 is 19.0 Å². The molecule has 4 heteroatoms. The quantitative estimate of drug-likeness (QED) is 0.603. The minimum absolute atomic E-state index is 0.00101. The molecule has 0 amide bonds. The van der Waals surface area contributed by atoms with Crippen LogP contribution < -0.4 is 4.74 Å². The standard InChI is InChI=1S/C21H23FO3/c1-4-13-21(5-2,6-3)16-8-10-17(11-9-16)25-19-12-7-15(20(23)24)14-18(19)22/h4,7-12,14H,1,5-6,13H2,2-3H3,(H,23,24). The number of allylic oxidation sites excluding steroid dienone is 1. The first-order chi connectivity index (χ1) is 12.0. The van der Waals surface area contributed by atoms with Gasteiger partial charge in [-0.25, -0.2) is 9.18 Å². The summed E-state index contributed by atoms with van der Waals surface area (Å²) in [5.41, 5.74) is 1.14. The van der Waals surface area contributed by atoms with E-state index in [-0.39, 0.29) is 16.7 Å². The van der Waals surface area contributed by atoms with Crippen LogP contribution in [0.5, 0.6) is 11.5 Å². The predicted molar refractivity (Wildman–Crippen MR) is 96.9 cm³/mol. The summed E-state index contributed by atoms with van der Waals surface area (Å²) in [5, 5.41) is 8.87. The van der Waals surface area contributed by atoms with E-state index in [1.165, 1.54) is 17.7 Å². The van der Waals surface area contributed by atoms with Crippen molar-refractivity contribution in [3.05, 3.63) is 72.1 Å². The van der Waals surface area contributed by atoms with Crippen molar-refractivity contribution in [2.24, 2.45) is 0 Å². The molecule has 2 rings (SSSR count). The summed E-state index contributed by atoms with van der Waals surface area (Å²) in [6.45, 7) is 8.19. The monoisotopic (exact) mass is 342 g/mol. The van der Waals surface area contributed by atoms with Gasteiger partial charge in [0, 0.05) is 0 Å². The minimum atomic E-state index is -1.17. The number of aromatic carboxylic acids is 1. The molecule has 0 fully saturated rings. The van der Waals surface area contributed by atoms with Crippen LogP contribution in [0.15, 0.2) is 55.1 Å². The first-order valence-electron chi connectivity index (χ1n) is 8.38. The van der Waals surface area contributed by atoms with Crippen molar-refractivity contribution in [1.82, 2.24) is 0 Å². The van der Waals surface area contributed by atoms with Gasteiger partial charge in [0.1, 0.15) is 5.75 Å². The molecule has 0 saturated carbocycles. The van der Waals surface area contributed by atoms with Crippen LogP contribution >= 0.6 is 0 Å². The number of hydrogen-bond donors (Lipinski definition) is 1. The van der Waals surface area contributed by atoms with Crippen molar-refractivity contribution in [3.8, 4) is 11.5 Å². The first kappa shape index (κ1) is 18.7. The zero-order valence-corrected chi connectivity index (χ0v) is 14.6. The molecular weight excluding hydrogens is 319 g/mol. The predicted octanol–water partition coefficient (Wildman–Crippen LogP) is 5.95. The van der Waals surface area contributed by atoms with Crippen molar-refractivity contribution in [3.63, 3.8) is 0 Å². The number of rotatable bonds is 8. The summed E-state index contributed by atoms with van der Waals surface area (Å²) in [5.74, 6) is -1.37. The maximum Gasteiger partial charge on any atom is 0.335 e. The highest BCUT2D eigenvalue weighted by Gasteiger charge is 2.26. The van der Waals surface area contributed by atoms with Gasteiger partial charge in [-0.1, -0.05) is 32.1 Å². The number of hydrogen-bond acceptors (Lipinski definition) is 2. The molecule has 2 aromatic rings. The summed E-state index contributed by atoms with van der Waals surface area (Å²) in [6.07, 6.45) is 4.84. The van der Waals surface area contributed by atoms with Crippen LogP contribution in [0.3, 0.4) is 0 Å². The van der Waals surface area contributed by atoms with E-state index in [0.717, 1.165) is 25.3 Å². The Labute approximate surface area is 147 Å². The van der Waals surface area contributed by atoms with Crippen LogP contribution in [-0.2, 0) is 5.41 Å². The molecule has 0 atom stereocenters. The van der Waals surface area contributed by atoms with Crippen molar-refractivity contribution in [2.75, 3.05) is 0 Å². The molecule has 0 saturated heterocycles. The second-order valence-corrected chi connectivity index (χ2v) is 6.06. The Hall–Kier alpha value is -2.62. The molecule has 0 radical (unpaired) electrons. The van der Waals surface area contributed by atoms with E-state index in [0.29, 0.717) is 5.75 Å². The lowest BCUT2D eigenvalue weighted by molar-refractivity contribution is 0.0696. The van der Waals surface area contributed by atoms with Crippen molar-refractivity contribution in [2.45, 2.75) is 38.5 Å². The molecule has 0 aliphatic carbocycles. The lowest BCUT2D eigenvalue weighted by Gasteiger charge is -2.31. The fraction of sp³-hybridized carbons (Fsp3) is 0.286. The molecule has 132 valence electrons. The van der Waals surface area contributed by atoms with Gasteiger partial charge >= 0.3 is 5.97 Å². The second-order valence-electron chi connectivity index (χ2n) is 6.06. The Bertz CT molecular complexity index is 746. The number of carboxylic acid groups (broad SMARTS) is 1. The number of benzene rings is 2. The molecule has 0 aromatic heterocycles. The van der Waals surface area contributed by atoms with Crippen molar-refractivity contribution in [1.29, 1.82) is 0 Å². The molecule has 0 aliphatic rings. The summed E-state index contributed by atoms with van der Waals surface area (Å²) < 4.78 is 19.5. The van der Waals surface area contributed by atoms with Crippen LogP contribution in [0.25, 0.3) is 0 Å². The topological polar surface area (TPSA) is 46.5 Å². The van der Waals surface area contributed by atoms with Gasteiger partial charge in [-0.15, -0.1) is 6.58 Å². The Morgan fingerprint density at radius 3 is 2.32 bits per heavy atom. The maximum atomic E-state index is 14.0. The van der Waals surface area contributed by atoms with Gasteiger partial charge in [0.2, 0.25) is 0 Å². The smallest absolute Gasteiger partial charge is 0.335 e. The van der Waals surface area contributed by atoms with E-state index in [4.69, 9.17) is 9.84 Å². The van der Waals surface area contributed by atoms with E-state index in [1.54, 1.807) is 0 Å². The third kappa shape index (κ3) is 4.08. The molecular formula is C21H23FO3. The van der Waals surface area contributed by atoms with Crippen LogP contribution in [0.2, 0.25) is 0 Å². The van der Waals surface area contributed by atoms with Gasteiger partial charge in [0.25, 0.3) is 0 Å². The number of carbonyl (C=O) groups is 1. The van der Waals surface area contributed by atoms with Gasteiger partial charge in [0.05, 0.1) is 5.56 Å². The molecule has 2 aromatic carbocycles. The van der Waals surface area contributed by atoms with E-state index in [1.807, 2.05) is 30.3 Å². The fourth-order valence-electron chi connectivity index (χ4n) is 3.06. The molecule has 0 heterocycles. The molecule has 3 nitrogen and oxygen atoms in total. The summed E-state index contributed by atoms with van der Waals surface area (Å²) in [7, 11) is 0. The highest BCUT2D eigenvalue weighted by molar-refractivity contribution is 5.87. The Morgan fingerprint density at radius 2 is 1.84 bits per heavy atom. The first-order valence-corrected chi connectivity index (χ1v) is 8.38. The van der Waals surface area contributed by atoms with E-state index in [2.05, 4.69) is 20.4 Å². The highest BCUT2D eigenvalue weighted by Crippen LogP contribution is 2.37. The average molecular weight is 342 g/mol. The Balaban J connectivity index is 2.23. The van der Waals surface area contributed by atoms with Crippen LogP contribution in [0.1, 0.15) is 49.0 Å². The maximum absolute atomic E-state index is 14.0. The highest BCUT2D eigenvalue weighted by atomic mass is 19.1. The summed E-state index contributed by atoms with van der Waals surface area (Å²) in [4.78, 5) is 10.8. The fourth-order valence-corrected chi connectivity index (χ4v) is 3.06. The minimum Gasteiger partial charge on any atom is -0.478 e. The zero-order valence-electron chi connectivity index (χ0n) is 14.6. The Morgan fingerprint density at radius 1 is 1.20 bits per heavy atom. The molecule has 1 N–H and O–H groups in total. The third-order valence-corrected chi connectivity index (χ3v) is 4.76. The van der Waals surface area contributed by atoms with Gasteiger partial charge in [-0.2, -0.15) is 0 Å². The summed E-state index contributed by atoms with van der Waals surface area (Å²) >= 11 is 0. The Kier molecular flexibility index (Phi) is 5.97. The van der Waals surface area contributed by atoms with Gasteiger partial charge in [0.15, 0.2) is 11.6 Å². The molecule has 0 aliphatic heterocycles. The SMILES string of the molecule is C=CCC(CC)(CC)c1ccc(Oc2ccc(C(=O)O)cc2F)cc1. The molecule has 0 spiro atoms. The lowest BCUT2D eigenvalue weighted by atomic mass is 9.73. The zero-order chi connectivity index (χ0) is 18.4. The van der Waals surface area contributed by atoms with Crippen LogP contribution in [-0.4, -0.2) is 11.1 Å². The van der Waals surface area contributed by atoms with E-state index in [9.17, 15) is 9.18 Å². The number of ether oxygens (including phenoxy) is 1. The second kappa shape index (κ2) is 7.97. The van der Waals surface area contributed by atoms with E-state index < -0.39 is 11.8 Å². The molecule has 0 bridgehead atoms. The largest absolute Gasteiger partial charge is 0.478 e. The normalized spacial score (nSPS) is 11.2. The van der Waals surface area contributed by atoms with Crippen molar-refractivity contribution >= 4 is 5.97 Å². The molecule has 0 unspecified atom stereocenters. The van der Waals surface area contributed by atoms with Crippen LogP contribution in [0, 0.1) is 5.82 Å². The van der Waals surface area contributed by atoms with Gasteiger partial charge < -0.3 is 9.84 Å². The average Bonchev–Trinajstić information content (AvgIpc) is 2.62. The summed E-state index contributed by atoms with van der Waals surface area (Å²) in [6, 6.07) is 11.2. The van der Waals surface area contributed by atoms with Gasteiger partial charge in [-0.05, 0) is 60.6 Å². The lowest BCUT2D eigenvalue weighted by Crippen LogP contribution is -2.23. The number of carboxylic acids is 1. The number of halogens is 1. The third-order valence-electron chi connectivity index (χ3n) is 4.76. The van der Waals surface area contributed by atoms with Crippen LogP contribution in [0.4, 0.5) is 4.39 Å². The van der Waals surface area contributed by atoms with Gasteiger partial charge in [-0.3, -0.25) is 0 Å². The van der Waals surface area contributed by atoms with E-state index >= 15 is 0 Å².